The van der Waals surface area contributed by atoms with Gasteiger partial charge in [0.05, 0.1) is 22.5 Å². The molecule has 0 saturated heterocycles. The van der Waals surface area contributed by atoms with Gasteiger partial charge in [-0.2, -0.15) is 0 Å². The normalized spacial score (nSPS) is 21.1. The number of nitrogens with zero attached hydrogens (tertiary/aromatic N) is 1. The molecule has 2 aliphatic heterocycles. The van der Waals surface area contributed by atoms with Gasteiger partial charge in [-0.3, -0.25) is 9.79 Å². The molecule has 2 N–H and O–H groups in total. The summed E-state index contributed by atoms with van der Waals surface area (Å²) in [4.78, 5) is 18.2. The van der Waals surface area contributed by atoms with E-state index in [1.165, 1.54) is 27.1 Å². The molecule has 0 amide bonds. The van der Waals surface area contributed by atoms with E-state index in [1.54, 1.807) is 6.08 Å². The minimum absolute atomic E-state index is 0.0280. The standard InChI is InChI=1S/C34H28N2O2/c1-33(2)27(35-25-15-13-19-9-5-7-11-21(19)29(25)33)17-23-31(37)24(32(23)38)18-28-34(3,4)30-22-12-8-6-10-20(22)14-16-26(30)36-28/h5-18,35,37H,1-4H3/b24-18+,27-17-. The van der Waals surface area contributed by atoms with Crippen molar-refractivity contribution in [1.29, 1.82) is 0 Å². The van der Waals surface area contributed by atoms with Crippen LogP contribution in [-0.4, -0.2) is 16.6 Å². The van der Waals surface area contributed by atoms with E-state index in [9.17, 15) is 9.90 Å². The van der Waals surface area contributed by atoms with Crippen LogP contribution in [0.15, 0.2) is 113 Å². The van der Waals surface area contributed by atoms with Crippen molar-refractivity contribution in [3.8, 4) is 0 Å². The largest absolute Gasteiger partial charge is 0.506 e. The quantitative estimate of drug-likeness (QED) is 0.277. The molecule has 186 valence electrons. The highest BCUT2D eigenvalue weighted by Gasteiger charge is 2.41. The van der Waals surface area contributed by atoms with Crippen LogP contribution in [0.25, 0.3) is 21.5 Å². The van der Waals surface area contributed by atoms with Crippen molar-refractivity contribution in [2.45, 2.75) is 38.5 Å². The highest BCUT2D eigenvalue weighted by Crippen LogP contribution is 2.49. The van der Waals surface area contributed by atoms with E-state index in [0.717, 1.165) is 28.3 Å². The fraction of sp³-hybridized carbons (Fsp3) is 0.176. The zero-order valence-corrected chi connectivity index (χ0v) is 21.9. The topological polar surface area (TPSA) is 61.7 Å². The maximum Gasteiger partial charge on any atom is 0.200 e. The van der Waals surface area contributed by atoms with Gasteiger partial charge < -0.3 is 10.4 Å². The number of benzene rings is 4. The van der Waals surface area contributed by atoms with E-state index in [0.29, 0.717) is 11.1 Å². The lowest BCUT2D eigenvalue weighted by Gasteiger charge is -2.26. The number of anilines is 1. The van der Waals surface area contributed by atoms with Gasteiger partial charge in [0.15, 0.2) is 0 Å². The summed E-state index contributed by atoms with van der Waals surface area (Å²) in [5, 5.41) is 19.3. The van der Waals surface area contributed by atoms with Gasteiger partial charge in [-0.1, -0.05) is 88.4 Å². The zero-order valence-electron chi connectivity index (χ0n) is 21.9. The average Bonchev–Trinajstić information content (AvgIpc) is 3.33. The molecule has 4 nitrogen and oxygen atoms in total. The number of aliphatic imine (C=N–C) groups is 1. The van der Waals surface area contributed by atoms with Gasteiger partial charge in [0.2, 0.25) is 5.78 Å². The molecule has 1 aliphatic carbocycles. The second kappa shape index (κ2) is 7.55. The first-order chi connectivity index (χ1) is 18.2. The smallest absolute Gasteiger partial charge is 0.200 e. The minimum Gasteiger partial charge on any atom is -0.506 e. The molecule has 3 aliphatic rings. The van der Waals surface area contributed by atoms with Crippen LogP contribution in [0.5, 0.6) is 0 Å². The summed E-state index contributed by atoms with van der Waals surface area (Å²) in [6.07, 6.45) is 3.58. The summed E-state index contributed by atoms with van der Waals surface area (Å²) < 4.78 is 0. The fourth-order valence-corrected chi connectivity index (χ4v) is 6.31. The number of fused-ring (bicyclic) bond motifs is 6. The molecule has 0 spiro atoms. The third kappa shape index (κ3) is 2.97. The zero-order chi connectivity index (χ0) is 26.4. The molecule has 4 heteroatoms. The Morgan fingerprint density at radius 1 is 0.763 bits per heavy atom. The Labute approximate surface area is 221 Å². The van der Waals surface area contributed by atoms with Gasteiger partial charge in [0.1, 0.15) is 5.76 Å². The molecule has 4 aromatic rings. The third-order valence-electron chi connectivity index (χ3n) is 8.48. The Balaban J connectivity index is 1.26. The predicted molar refractivity (Wildman–Crippen MR) is 155 cm³/mol. The van der Waals surface area contributed by atoms with Crippen molar-refractivity contribution in [2.24, 2.45) is 4.99 Å². The highest BCUT2D eigenvalue weighted by molar-refractivity contribution is 6.25. The summed E-state index contributed by atoms with van der Waals surface area (Å²) in [6.45, 7) is 8.55. The predicted octanol–water partition coefficient (Wildman–Crippen LogP) is 7.97. The van der Waals surface area contributed by atoms with Gasteiger partial charge in [-0.05, 0) is 57.0 Å². The van der Waals surface area contributed by atoms with Gasteiger partial charge >= 0.3 is 0 Å². The summed E-state index contributed by atoms with van der Waals surface area (Å²) in [5.74, 6) is -0.132. The molecule has 0 bridgehead atoms. The third-order valence-corrected chi connectivity index (χ3v) is 8.48. The highest BCUT2D eigenvalue weighted by atomic mass is 16.3. The molecule has 0 aromatic heterocycles. The Hall–Kier alpha value is -4.44. The number of rotatable bonds is 2. The second-order valence-electron chi connectivity index (χ2n) is 11.5. The van der Waals surface area contributed by atoms with Crippen LogP contribution in [0.4, 0.5) is 11.4 Å². The molecule has 0 radical (unpaired) electrons. The monoisotopic (exact) mass is 496 g/mol. The average molecular weight is 497 g/mol. The van der Waals surface area contributed by atoms with Crippen molar-refractivity contribution in [3.63, 3.8) is 0 Å². The second-order valence-corrected chi connectivity index (χ2v) is 11.5. The molecular weight excluding hydrogens is 468 g/mol. The number of aliphatic hydroxyl groups excluding tert-OH is 1. The van der Waals surface area contributed by atoms with Crippen molar-refractivity contribution in [2.75, 3.05) is 5.32 Å². The van der Waals surface area contributed by atoms with E-state index in [1.807, 2.05) is 30.3 Å². The van der Waals surface area contributed by atoms with Crippen molar-refractivity contribution in [1.82, 2.24) is 0 Å². The summed E-state index contributed by atoms with van der Waals surface area (Å²) in [6, 6.07) is 25.0. The van der Waals surface area contributed by atoms with Crippen LogP contribution in [0.2, 0.25) is 0 Å². The Morgan fingerprint density at radius 3 is 2.08 bits per heavy atom. The molecule has 2 heterocycles. The van der Waals surface area contributed by atoms with Crippen LogP contribution in [0, 0.1) is 0 Å². The van der Waals surface area contributed by atoms with E-state index in [4.69, 9.17) is 4.99 Å². The number of aliphatic hydroxyl groups is 1. The number of carbonyl (C=O) groups is 1. The Kier molecular flexibility index (Phi) is 4.51. The maximum absolute atomic E-state index is 13.3. The van der Waals surface area contributed by atoms with Gasteiger partial charge in [-0.15, -0.1) is 0 Å². The molecule has 0 fully saturated rings. The van der Waals surface area contributed by atoms with Crippen LogP contribution in [0.3, 0.4) is 0 Å². The molecule has 38 heavy (non-hydrogen) atoms. The number of ketones is 1. The molecule has 0 unspecified atom stereocenters. The fourth-order valence-electron chi connectivity index (χ4n) is 6.31. The van der Waals surface area contributed by atoms with Crippen LogP contribution in [0.1, 0.15) is 38.8 Å². The number of allylic oxidation sites excluding steroid dienone is 5. The van der Waals surface area contributed by atoms with Crippen molar-refractivity contribution >= 4 is 44.4 Å². The Morgan fingerprint density at radius 2 is 1.39 bits per heavy atom. The van der Waals surface area contributed by atoms with E-state index in [-0.39, 0.29) is 17.0 Å². The lowest BCUT2D eigenvalue weighted by molar-refractivity contribution is -0.113. The van der Waals surface area contributed by atoms with Crippen LogP contribution < -0.4 is 5.32 Å². The van der Waals surface area contributed by atoms with Crippen LogP contribution >= 0.6 is 0 Å². The number of hydrogen-bond donors (Lipinski definition) is 2. The molecule has 7 rings (SSSR count). The molecular formula is C34H28N2O2. The molecule has 0 saturated carbocycles. The van der Waals surface area contributed by atoms with Crippen molar-refractivity contribution < 1.29 is 9.90 Å². The lowest BCUT2D eigenvalue weighted by Crippen LogP contribution is -2.28. The maximum atomic E-state index is 13.3. The lowest BCUT2D eigenvalue weighted by atomic mass is 9.76. The summed E-state index contributed by atoms with van der Waals surface area (Å²) >= 11 is 0. The molecule has 4 aromatic carbocycles. The van der Waals surface area contributed by atoms with Crippen LogP contribution in [-0.2, 0) is 15.6 Å². The molecule has 0 atom stereocenters. The SMILES string of the molecule is CC1(C)C(/C=C2/C(=O)C(/C=C3\Nc4ccc5ccccc5c4C3(C)C)=C2O)=Nc2ccc3ccccc3c21. The van der Waals surface area contributed by atoms with Gasteiger partial charge in [-0.25, -0.2) is 0 Å². The first kappa shape index (κ1) is 22.7. The van der Waals surface area contributed by atoms with Crippen molar-refractivity contribution in [3.05, 3.63) is 119 Å². The first-order valence-electron chi connectivity index (χ1n) is 13.0. The number of nitrogens with one attached hydrogen (secondary N) is 1. The van der Waals surface area contributed by atoms with E-state index >= 15 is 0 Å². The Bertz CT molecular complexity index is 1860. The van der Waals surface area contributed by atoms with Gasteiger partial charge in [0, 0.05) is 22.2 Å². The van der Waals surface area contributed by atoms with E-state index in [2.05, 4.69) is 81.5 Å². The number of Topliss-reactive ketones (excluding diaryl/α,β-unsaturated/α-hetero) is 1. The number of hydrogen-bond acceptors (Lipinski definition) is 4. The van der Waals surface area contributed by atoms with Gasteiger partial charge in [0.25, 0.3) is 0 Å². The van der Waals surface area contributed by atoms with E-state index < -0.39 is 5.41 Å². The number of carbonyl (C=O) groups excluding carboxylic acids is 1. The first-order valence-corrected chi connectivity index (χ1v) is 13.0. The summed E-state index contributed by atoms with van der Waals surface area (Å²) in [5.41, 5.74) is 5.91. The minimum atomic E-state index is -0.393. The summed E-state index contributed by atoms with van der Waals surface area (Å²) in [7, 11) is 0.